The molecule has 0 radical (unpaired) electrons. The Balaban J connectivity index is 2.56. The van der Waals surface area contributed by atoms with Crippen LogP contribution in [0.2, 0.25) is 0 Å². The fourth-order valence-corrected chi connectivity index (χ4v) is 1.37. The van der Waals surface area contributed by atoms with Crippen molar-refractivity contribution in [3.05, 3.63) is 36.2 Å². The van der Waals surface area contributed by atoms with E-state index in [2.05, 4.69) is 9.97 Å². The molecule has 0 fully saturated rings. The standard InChI is InChI=1S/C11H10N2O2/c1-2-15-11(14)8-4-3-5-9-10(8)13-7-6-12-9/h3-7H,2H2,1H3. The highest BCUT2D eigenvalue weighted by molar-refractivity contribution is 6.01. The number of aromatic nitrogens is 2. The van der Waals surface area contributed by atoms with Crippen LogP contribution in [0.15, 0.2) is 30.6 Å². The van der Waals surface area contributed by atoms with Crippen LogP contribution in [0.25, 0.3) is 11.0 Å². The van der Waals surface area contributed by atoms with Gasteiger partial charge in [-0.3, -0.25) is 9.97 Å². The lowest BCUT2D eigenvalue weighted by atomic mass is 10.2. The van der Waals surface area contributed by atoms with E-state index in [1.165, 1.54) is 0 Å². The van der Waals surface area contributed by atoms with Crippen LogP contribution in [0, 0.1) is 0 Å². The number of esters is 1. The molecule has 1 aromatic carbocycles. The van der Waals surface area contributed by atoms with Crippen molar-refractivity contribution in [3.8, 4) is 0 Å². The van der Waals surface area contributed by atoms with Crippen molar-refractivity contribution >= 4 is 17.0 Å². The van der Waals surface area contributed by atoms with Crippen LogP contribution in [-0.2, 0) is 4.74 Å². The first-order valence-electron chi connectivity index (χ1n) is 4.69. The van der Waals surface area contributed by atoms with Gasteiger partial charge in [-0.05, 0) is 19.1 Å². The molecule has 0 atom stereocenters. The lowest BCUT2D eigenvalue weighted by Gasteiger charge is -2.03. The third-order valence-electron chi connectivity index (χ3n) is 1.99. The van der Waals surface area contributed by atoms with E-state index in [1.54, 1.807) is 31.5 Å². The molecule has 76 valence electrons. The quantitative estimate of drug-likeness (QED) is 0.697. The molecule has 1 heterocycles. The van der Waals surface area contributed by atoms with Crippen LogP contribution in [0.4, 0.5) is 0 Å². The Kier molecular flexibility index (Phi) is 2.58. The molecule has 0 saturated heterocycles. The van der Waals surface area contributed by atoms with E-state index in [4.69, 9.17) is 4.74 Å². The number of ether oxygens (including phenoxy) is 1. The van der Waals surface area contributed by atoms with Crippen molar-refractivity contribution < 1.29 is 9.53 Å². The summed E-state index contributed by atoms with van der Waals surface area (Å²) in [4.78, 5) is 19.8. The molecule has 2 aromatic rings. The fraction of sp³-hybridized carbons (Fsp3) is 0.182. The van der Waals surface area contributed by atoms with E-state index in [9.17, 15) is 4.79 Å². The Bertz CT molecular complexity index is 491. The molecule has 4 heteroatoms. The number of benzene rings is 1. The van der Waals surface area contributed by atoms with Gasteiger partial charge in [0.1, 0.15) is 5.52 Å². The molecule has 0 unspecified atom stereocenters. The second-order valence-electron chi connectivity index (χ2n) is 2.95. The molecule has 0 bridgehead atoms. The van der Waals surface area contributed by atoms with Gasteiger partial charge in [0, 0.05) is 12.4 Å². The maximum Gasteiger partial charge on any atom is 0.340 e. The maximum absolute atomic E-state index is 11.6. The Morgan fingerprint density at radius 3 is 2.93 bits per heavy atom. The Morgan fingerprint density at radius 2 is 2.13 bits per heavy atom. The molecule has 2 rings (SSSR count). The van der Waals surface area contributed by atoms with Gasteiger partial charge in [0.15, 0.2) is 0 Å². The van der Waals surface area contributed by atoms with Crippen molar-refractivity contribution in [1.82, 2.24) is 9.97 Å². The van der Waals surface area contributed by atoms with E-state index in [-0.39, 0.29) is 5.97 Å². The van der Waals surface area contributed by atoms with Crippen LogP contribution >= 0.6 is 0 Å². The predicted molar refractivity (Wildman–Crippen MR) is 55.5 cm³/mol. The van der Waals surface area contributed by atoms with E-state index < -0.39 is 0 Å². The van der Waals surface area contributed by atoms with Crippen LogP contribution in [0.1, 0.15) is 17.3 Å². The minimum Gasteiger partial charge on any atom is -0.462 e. The third kappa shape index (κ3) is 1.79. The predicted octanol–water partition coefficient (Wildman–Crippen LogP) is 1.81. The molecule has 0 aliphatic carbocycles. The second-order valence-corrected chi connectivity index (χ2v) is 2.95. The summed E-state index contributed by atoms with van der Waals surface area (Å²) in [6.07, 6.45) is 3.16. The summed E-state index contributed by atoms with van der Waals surface area (Å²) in [7, 11) is 0. The smallest absolute Gasteiger partial charge is 0.340 e. The molecule has 0 amide bonds. The first kappa shape index (κ1) is 9.58. The molecule has 4 nitrogen and oxygen atoms in total. The molecule has 15 heavy (non-hydrogen) atoms. The van der Waals surface area contributed by atoms with Crippen molar-refractivity contribution in [1.29, 1.82) is 0 Å². The number of para-hydroxylation sites is 1. The van der Waals surface area contributed by atoms with Gasteiger partial charge in [-0.2, -0.15) is 0 Å². The first-order chi connectivity index (χ1) is 7.33. The second kappa shape index (κ2) is 4.04. The molecule has 1 aromatic heterocycles. The lowest BCUT2D eigenvalue weighted by molar-refractivity contribution is 0.0528. The van der Waals surface area contributed by atoms with E-state index in [0.29, 0.717) is 23.2 Å². The van der Waals surface area contributed by atoms with Crippen molar-refractivity contribution in [3.63, 3.8) is 0 Å². The van der Waals surface area contributed by atoms with Crippen LogP contribution < -0.4 is 0 Å². The summed E-state index contributed by atoms with van der Waals surface area (Å²) in [6.45, 7) is 2.13. The molecule has 0 aliphatic rings. The minimum absolute atomic E-state index is 0.357. The minimum atomic E-state index is -0.358. The van der Waals surface area contributed by atoms with E-state index >= 15 is 0 Å². The first-order valence-corrected chi connectivity index (χ1v) is 4.69. The van der Waals surface area contributed by atoms with Crippen molar-refractivity contribution in [2.75, 3.05) is 6.61 Å². The van der Waals surface area contributed by atoms with Gasteiger partial charge in [0.25, 0.3) is 0 Å². The van der Waals surface area contributed by atoms with Gasteiger partial charge in [-0.15, -0.1) is 0 Å². The number of nitrogens with zero attached hydrogens (tertiary/aromatic N) is 2. The summed E-state index contributed by atoms with van der Waals surface area (Å²) >= 11 is 0. The maximum atomic E-state index is 11.6. The normalized spacial score (nSPS) is 10.2. The summed E-state index contributed by atoms with van der Waals surface area (Å²) in [5.74, 6) is -0.358. The monoisotopic (exact) mass is 202 g/mol. The summed E-state index contributed by atoms with van der Waals surface area (Å²) in [5.41, 5.74) is 1.74. The molecular formula is C11H10N2O2. The van der Waals surface area contributed by atoms with Crippen molar-refractivity contribution in [2.24, 2.45) is 0 Å². The molecule has 0 N–H and O–H groups in total. The average Bonchev–Trinajstić information content (AvgIpc) is 2.28. The number of carbonyl (C=O) groups excluding carboxylic acids is 1. The SMILES string of the molecule is CCOC(=O)c1cccc2nccnc12. The Hall–Kier alpha value is -1.97. The van der Waals surface area contributed by atoms with E-state index in [1.807, 2.05) is 6.07 Å². The highest BCUT2D eigenvalue weighted by atomic mass is 16.5. The highest BCUT2D eigenvalue weighted by Crippen LogP contribution is 2.14. The van der Waals surface area contributed by atoms with Gasteiger partial charge in [0.05, 0.1) is 17.7 Å². The molecule has 0 saturated carbocycles. The van der Waals surface area contributed by atoms with Gasteiger partial charge in [0.2, 0.25) is 0 Å². The Morgan fingerprint density at radius 1 is 1.33 bits per heavy atom. The van der Waals surface area contributed by atoms with Gasteiger partial charge in [-0.25, -0.2) is 4.79 Å². The summed E-state index contributed by atoms with van der Waals surface area (Å²) < 4.78 is 4.93. The van der Waals surface area contributed by atoms with Crippen LogP contribution in [0.5, 0.6) is 0 Å². The number of fused-ring (bicyclic) bond motifs is 1. The number of rotatable bonds is 2. The van der Waals surface area contributed by atoms with Crippen LogP contribution in [0.3, 0.4) is 0 Å². The zero-order chi connectivity index (χ0) is 10.7. The Labute approximate surface area is 86.9 Å². The summed E-state index contributed by atoms with van der Waals surface area (Å²) in [6, 6.07) is 5.27. The van der Waals surface area contributed by atoms with Crippen molar-refractivity contribution in [2.45, 2.75) is 6.92 Å². The third-order valence-corrected chi connectivity index (χ3v) is 1.99. The topological polar surface area (TPSA) is 52.1 Å². The number of carbonyl (C=O) groups is 1. The van der Waals surface area contributed by atoms with Gasteiger partial charge >= 0.3 is 5.97 Å². The molecular weight excluding hydrogens is 192 g/mol. The number of hydrogen-bond donors (Lipinski definition) is 0. The molecule has 0 aliphatic heterocycles. The fourth-order valence-electron chi connectivity index (χ4n) is 1.37. The zero-order valence-electron chi connectivity index (χ0n) is 8.30. The largest absolute Gasteiger partial charge is 0.462 e. The highest BCUT2D eigenvalue weighted by Gasteiger charge is 2.11. The van der Waals surface area contributed by atoms with Gasteiger partial charge < -0.3 is 4.74 Å². The average molecular weight is 202 g/mol. The zero-order valence-corrected chi connectivity index (χ0v) is 8.30. The van der Waals surface area contributed by atoms with Gasteiger partial charge in [-0.1, -0.05) is 6.07 Å². The molecule has 0 spiro atoms. The number of hydrogen-bond acceptors (Lipinski definition) is 4. The lowest BCUT2D eigenvalue weighted by Crippen LogP contribution is -2.06. The van der Waals surface area contributed by atoms with Crippen LogP contribution in [-0.4, -0.2) is 22.5 Å². The van der Waals surface area contributed by atoms with E-state index in [0.717, 1.165) is 0 Å². The summed E-state index contributed by atoms with van der Waals surface area (Å²) in [5, 5.41) is 0.